The Kier molecular flexibility index (Phi) is 3.35. The van der Waals surface area contributed by atoms with Gasteiger partial charge in [-0.3, -0.25) is 4.79 Å². The Bertz CT molecular complexity index is 566. The molecule has 0 atom stereocenters. The minimum absolute atomic E-state index is 0.0101. The maximum Gasteiger partial charge on any atom is 0.259 e. The third kappa shape index (κ3) is 2.28. The molecule has 0 amide bonds. The van der Waals surface area contributed by atoms with Crippen LogP contribution in [-0.2, 0) is 6.54 Å². The van der Waals surface area contributed by atoms with Crippen molar-refractivity contribution < 1.29 is 5.11 Å². The summed E-state index contributed by atoms with van der Waals surface area (Å²) in [6.45, 7) is 4.25. The van der Waals surface area contributed by atoms with Gasteiger partial charge >= 0.3 is 0 Å². The van der Waals surface area contributed by atoms with Crippen molar-refractivity contribution in [3.05, 3.63) is 34.1 Å². The lowest BCUT2D eigenvalue weighted by Gasteiger charge is -2.25. The molecule has 0 saturated heterocycles. The van der Waals surface area contributed by atoms with Crippen LogP contribution in [0.2, 0.25) is 0 Å². The van der Waals surface area contributed by atoms with Gasteiger partial charge in [0.2, 0.25) is 0 Å². The molecule has 0 aromatic carbocycles. The molecule has 0 aliphatic rings. The van der Waals surface area contributed by atoms with Crippen LogP contribution in [0, 0.1) is 0 Å². The Hall–Kier alpha value is -1.13. The Labute approximate surface area is 104 Å². The second-order valence-corrected chi connectivity index (χ2v) is 5.33. The molecule has 2 heterocycles. The van der Waals surface area contributed by atoms with Gasteiger partial charge in [0.1, 0.15) is 0 Å². The van der Waals surface area contributed by atoms with Crippen LogP contribution in [0.1, 0.15) is 26.7 Å². The fourth-order valence-electron chi connectivity index (χ4n) is 1.92. The zero-order valence-corrected chi connectivity index (χ0v) is 11.0. The third-order valence-corrected chi connectivity index (χ3v) is 4.26. The molecule has 92 valence electrons. The highest BCUT2D eigenvalue weighted by Gasteiger charge is 2.23. The van der Waals surface area contributed by atoms with E-state index in [2.05, 4.69) is 0 Å². The topological polar surface area (TPSA) is 42.2 Å². The molecule has 0 radical (unpaired) electrons. The predicted molar refractivity (Wildman–Crippen MR) is 71.6 cm³/mol. The molecule has 0 fully saturated rings. The molecule has 0 spiro atoms. The van der Waals surface area contributed by atoms with Gasteiger partial charge in [-0.05, 0) is 30.4 Å². The fourth-order valence-corrected chi connectivity index (χ4v) is 2.69. The number of aliphatic hydroxyl groups is 1. The van der Waals surface area contributed by atoms with Crippen molar-refractivity contribution in [3.8, 4) is 0 Å². The molecule has 0 aliphatic heterocycles. The van der Waals surface area contributed by atoms with Gasteiger partial charge in [-0.1, -0.05) is 13.8 Å². The van der Waals surface area contributed by atoms with E-state index in [0.29, 0.717) is 19.4 Å². The van der Waals surface area contributed by atoms with Gasteiger partial charge in [0.05, 0.1) is 17.5 Å². The van der Waals surface area contributed by atoms with Crippen molar-refractivity contribution in [2.45, 2.75) is 38.8 Å². The SMILES string of the molecule is CCC(O)(CC)Cn1ccc2sccc2c1=O. The summed E-state index contributed by atoms with van der Waals surface area (Å²) in [5.74, 6) is 0. The number of nitrogens with zero attached hydrogens (tertiary/aromatic N) is 1. The van der Waals surface area contributed by atoms with Crippen molar-refractivity contribution in [1.29, 1.82) is 0 Å². The predicted octanol–water partition coefficient (Wildman–Crippen LogP) is 2.61. The first kappa shape index (κ1) is 12.3. The summed E-state index contributed by atoms with van der Waals surface area (Å²) in [4.78, 5) is 12.2. The van der Waals surface area contributed by atoms with Crippen molar-refractivity contribution in [1.82, 2.24) is 4.57 Å². The number of pyridine rings is 1. The summed E-state index contributed by atoms with van der Waals surface area (Å²) >= 11 is 1.56. The van der Waals surface area contributed by atoms with Crippen LogP contribution in [0.5, 0.6) is 0 Å². The average molecular weight is 251 g/mol. The number of thiophene rings is 1. The fraction of sp³-hybridized carbons (Fsp3) is 0.462. The van der Waals surface area contributed by atoms with E-state index in [4.69, 9.17) is 0 Å². The number of fused-ring (bicyclic) bond motifs is 1. The van der Waals surface area contributed by atoms with Crippen LogP contribution in [0.3, 0.4) is 0 Å². The van der Waals surface area contributed by atoms with Gasteiger partial charge in [-0.25, -0.2) is 0 Å². The Morgan fingerprint density at radius 2 is 2.06 bits per heavy atom. The lowest BCUT2D eigenvalue weighted by molar-refractivity contribution is 0.0143. The van der Waals surface area contributed by atoms with Crippen LogP contribution >= 0.6 is 11.3 Å². The smallest absolute Gasteiger partial charge is 0.259 e. The molecule has 3 nitrogen and oxygen atoms in total. The molecular weight excluding hydrogens is 234 g/mol. The molecule has 1 N–H and O–H groups in total. The van der Waals surface area contributed by atoms with Crippen molar-refractivity contribution in [2.75, 3.05) is 0 Å². The van der Waals surface area contributed by atoms with E-state index in [0.717, 1.165) is 10.1 Å². The third-order valence-electron chi connectivity index (χ3n) is 3.37. The highest BCUT2D eigenvalue weighted by molar-refractivity contribution is 7.17. The molecule has 2 aromatic heterocycles. The van der Waals surface area contributed by atoms with Crippen molar-refractivity contribution in [2.24, 2.45) is 0 Å². The van der Waals surface area contributed by atoms with E-state index in [1.54, 1.807) is 22.1 Å². The summed E-state index contributed by atoms with van der Waals surface area (Å²) in [5.41, 5.74) is -0.794. The number of aromatic nitrogens is 1. The molecule has 0 bridgehead atoms. The van der Waals surface area contributed by atoms with Crippen LogP contribution in [0.25, 0.3) is 10.1 Å². The molecule has 0 unspecified atom stereocenters. The van der Waals surface area contributed by atoms with E-state index >= 15 is 0 Å². The molecule has 4 heteroatoms. The van der Waals surface area contributed by atoms with Crippen molar-refractivity contribution in [3.63, 3.8) is 0 Å². The number of hydrogen-bond donors (Lipinski definition) is 1. The minimum atomic E-state index is -0.784. The monoisotopic (exact) mass is 251 g/mol. The van der Waals surface area contributed by atoms with Crippen LogP contribution in [-0.4, -0.2) is 15.3 Å². The summed E-state index contributed by atoms with van der Waals surface area (Å²) in [6, 6.07) is 3.78. The van der Waals surface area contributed by atoms with Gasteiger partial charge in [-0.15, -0.1) is 11.3 Å². The largest absolute Gasteiger partial charge is 0.388 e. The standard InChI is InChI=1S/C13H17NO2S/c1-3-13(16,4-2)9-14-7-5-11-10(12(14)15)6-8-17-11/h5-8,16H,3-4,9H2,1-2H3. The lowest BCUT2D eigenvalue weighted by Crippen LogP contribution is -2.36. The van der Waals surface area contributed by atoms with Crippen LogP contribution in [0.4, 0.5) is 0 Å². The normalized spacial score (nSPS) is 12.2. The molecule has 2 rings (SSSR count). The summed E-state index contributed by atoms with van der Waals surface area (Å²) < 4.78 is 2.62. The van der Waals surface area contributed by atoms with Crippen LogP contribution < -0.4 is 5.56 Å². The van der Waals surface area contributed by atoms with E-state index in [1.807, 2.05) is 31.4 Å². The average Bonchev–Trinajstić information content (AvgIpc) is 2.82. The van der Waals surface area contributed by atoms with Crippen LogP contribution in [0.15, 0.2) is 28.5 Å². The highest BCUT2D eigenvalue weighted by Crippen LogP contribution is 2.19. The molecular formula is C13H17NO2S. The number of hydrogen-bond acceptors (Lipinski definition) is 3. The Balaban J connectivity index is 2.43. The first-order valence-corrected chi connectivity index (χ1v) is 6.76. The summed E-state index contributed by atoms with van der Waals surface area (Å²) in [6.07, 6.45) is 3.08. The molecule has 2 aromatic rings. The Morgan fingerprint density at radius 3 is 2.71 bits per heavy atom. The summed E-state index contributed by atoms with van der Waals surface area (Å²) in [5, 5.41) is 12.9. The van der Waals surface area contributed by atoms with E-state index < -0.39 is 5.60 Å². The zero-order chi connectivity index (χ0) is 12.5. The highest BCUT2D eigenvalue weighted by atomic mass is 32.1. The number of rotatable bonds is 4. The summed E-state index contributed by atoms with van der Waals surface area (Å²) in [7, 11) is 0. The first-order valence-electron chi connectivity index (χ1n) is 5.88. The molecule has 17 heavy (non-hydrogen) atoms. The van der Waals surface area contributed by atoms with Gasteiger partial charge in [0.15, 0.2) is 0 Å². The van der Waals surface area contributed by atoms with E-state index in [-0.39, 0.29) is 5.56 Å². The maximum absolute atomic E-state index is 12.2. The van der Waals surface area contributed by atoms with Crippen molar-refractivity contribution >= 4 is 21.4 Å². The molecule has 0 saturated carbocycles. The Morgan fingerprint density at radius 1 is 1.35 bits per heavy atom. The minimum Gasteiger partial charge on any atom is -0.388 e. The maximum atomic E-state index is 12.2. The van der Waals surface area contributed by atoms with Gasteiger partial charge in [0, 0.05) is 10.9 Å². The van der Waals surface area contributed by atoms with E-state index in [1.165, 1.54) is 0 Å². The van der Waals surface area contributed by atoms with Gasteiger partial charge in [0.25, 0.3) is 5.56 Å². The van der Waals surface area contributed by atoms with Gasteiger partial charge < -0.3 is 9.67 Å². The molecule has 0 aliphatic carbocycles. The second-order valence-electron chi connectivity index (χ2n) is 4.38. The zero-order valence-electron chi connectivity index (χ0n) is 10.1. The quantitative estimate of drug-likeness (QED) is 0.907. The van der Waals surface area contributed by atoms with Gasteiger partial charge in [-0.2, -0.15) is 0 Å². The lowest BCUT2D eigenvalue weighted by atomic mass is 9.97. The van der Waals surface area contributed by atoms with E-state index in [9.17, 15) is 9.90 Å². The first-order chi connectivity index (χ1) is 8.09. The second kappa shape index (κ2) is 4.63.